The lowest BCUT2D eigenvalue weighted by molar-refractivity contribution is -0.156. The molecule has 12 heteroatoms. The SMILES string of the molecule is CC.CC.CC(=O)N=C(C(C)C)C(C)COC/C(COC(C)CCC(=O)C(C)C(=O)OCC(C)(C)O)=N\OCC#Cc1cccc(N)n1.CCC. The van der Waals surface area contributed by atoms with Gasteiger partial charge in [-0.2, -0.15) is 0 Å². The molecule has 0 aromatic carbocycles. The normalized spacial score (nSPS) is 12.9. The van der Waals surface area contributed by atoms with Gasteiger partial charge >= 0.3 is 5.97 Å². The molecule has 0 spiro atoms. The number of nitrogens with two attached hydrogens (primary N) is 1. The van der Waals surface area contributed by atoms with Crippen LogP contribution in [0, 0.1) is 29.6 Å². The number of oxime groups is 1. The van der Waals surface area contributed by atoms with Gasteiger partial charge in [0.15, 0.2) is 6.61 Å². The summed E-state index contributed by atoms with van der Waals surface area (Å²) >= 11 is 0. The molecule has 1 heterocycles. The summed E-state index contributed by atoms with van der Waals surface area (Å²) in [7, 11) is 0. The second kappa shape index (κ2) is 31.1. The average molecular weight is 721 g/mol. The number of ether oxygens (including phenoxy) is 3. The Kier molecular flexibility index (Phi) is 31.5. The molecule has 1 aromatic rings. The third-order valence-electron chi connectivity index (χ3n) is 6.07. The van der Waals surface area contributed by atoms with Crippen molar-refractivity contribution in [3.05, 3.63) is 23.9 Å². The number of aromatic nitrogens is 1. The van der Waals surface area contributed by atoms with E-state index in [1.807, 2.05) is 55.4 Å². The molecule has 3 unspecified atom stereocenters. The number of pyridine rings is 1. The summed E-state index contributed by atoms with van der Waals surface area (Å²) in [6, 6.07) is 5.15. The molecule has 1 rings (SSSR count). The fourth-order valence-corrected chi connectivity index (χ4v) is 3.71. The van der Waals surface area contributed by atoms with Crippen LogP contribution in [0.25, 0.3) is 0 Å². The molecule has 0 bridgehead atoms. The minimum Gasteiger partial charge on any atom is -0.462 e. The van der Waals surface area contributed by atoms with Crippen LogP contribution in [0.1, 0.15) is 122 Å². The van der Waals surface area contributed by atoms with Crippen LogP contribution < -0.4 is 5.73 Å². The van der Waals surface area contributed by atoms with E-state index in [1.165, 1.54) is 34.1 Å². The lowest BCUT2D eigenvalue weighted by Crippen LogP contribution is -2.32. The summed E-state index contributed by atoms with van der Waals surface area (Å²) in [4.78, 5) is 49.8. The van der Waals surface area contributed by atoms with E-state index in [1.54, 1.807) is 18.2 Å². The zero-order valence-electron chi connectivity index (χ0n) is 33.9. The molecule has 3 atom stereocenters. The second-order valence-electron chi connectivity index (χ2n) is 12.3. The van der Waals surface area contributed by atoms with Crippen LogP contribution in [0.2, 0.25) is 0 Å². The molecule has 1 aromatic heterocycles. The Hall–Kier alpha value is -3.66. The van der Waals surface area contributed by atoms with E-state index in [0.717, 1.165) is 5.71 Å². The zero-order valence-corrected chi connectivity index (χ0v) is 33.9. The Bertz CT molecular complexity index is 1230. The molecular formula is C39H68N4O8. The van der Waals surface area contributed by atoms with Crippen molar-refractivity contribution in [2.45, 2.75) is 128 Å². The summed E-state index contributed by atoms with van der Waals surface area (Å²) in [6.45, 7) is 26.1. The molecule has 0 aliphatic heterocycles. The topological polar surface area (TPSA) is 172 Å². The third kappa shape index (κ3) is 28.7. The molecule has 0 aliphatic carbocycles. The first-order chi connectivity index (χ1) is 24.0. The number of esters is 1. The monoisotopic (exact) mass is 721 g/mol. The standard InChI is InChI=1S/C32H48N4O8.C3H8.2C2H6/c1-21(2)30(34-25(6)37)22(3)17-41-18-27(36-44-16-10-12-26-11-9-13-29(33)35-26)19-42-23(4)14-15-28(38)24(5)31(39)43-20-32(7,8)40;1-3-2;2*1-2/h9,11,13,21-24,40H,14-20H2,1-8H3,(H2,33,35);3H2,1-2H3;2*1-2H3/b34-30?,36-27+;;;. The number of nitrogen functional groups attached to an aromatic ring is 1. The number of rotatable bonds is 18. The van der Waals surface area contributed by atoms with E-state index < -0.39 is 17.5 Å². The van der Waals surface area contributed by atoms with Gasteiger partial charge in [0.25, 0.3) is 0 Å². The van der Waals surface area contributed by atoms with Crippen molar-refractivity contribution in [2.75, 3.05) is 38.8 Å². The van der Waals surface area contributed by atoms with E-state index >= 15 is 0 Å². The van der Waals surface area contributed by atoms with Crippen LogP contribution in [0.5, 0.6) is 0 Å². The number of Topliss-reactive ketones (excluding diaryl/α,β-unsaturated/α-hetero) is 1. The van der Waals surface area contributed by atoms with Gasteiger partial charge in [-0.3, -0.25) is 14.4 Å². The van der Waals surface area contributed by atoms with Gasteiger partial charge in [0, 0.05) is 25.0 Å². The van der Waals surface area contributed by atoms with Crippen molar-refractivity contribution in [3.8, 4) is 11.8 Å². The first-order valence-corrected chi connectivity index (χ1v) is 18.1. The average Bonchev–Trinajstić information content (AvgIpc) is 3.08. The maximum absolute atomic E-state index is 12.5. The number of hydrogen-bond donors (Lipinski definition) is 2. The highest BCUT2D eigenvalue weighted by molar-refractivity contribution is 5.98. The maximum Gasteiger partial charge on any atom is 0.316 e. The fourth-order valence-electron chi connectivity index (χ4n) is 3.71. The highest BCUT2D eigenvalue weighted by Crippen LogP contribution is 2.13. The lowest BCUT2D eigenvalue weighted by atomic mass is 9.96. The predicted molar refractivity (Wildman–Crippen MR) is 207 cm³/mol. The van der Waals surface area contributed by atoms with E-state index in [4.69, 9.17) is 24.8 Å². The van der Waals surface area contributed by atoms with Gasteiger partial charge in [0.05, 0.1) is 31.5 Å². The van der Waals surface area contributed by atoms with E-state index in [0.29, 0.717) is 30.3 Å². The molecule has 0 radical (unpaired) electrons. The van der Waals surface area contributed by atoms with Crippen molar-refractivity contribution in [2.24, 2.45) is 27.9 Å². The van der Waals surface area contributed by atoms with Gasteiger partial charge in [-0.25, -0.2) is 9.98 Å². The highest BCUT2D eigenvalue weighted by atomic mass is 16.6. The molecule has 51 heavy (non-hydrogen) atoms. The number of ketones is 1. The van der Waals surface area contributed by atoms with Crippen molar-refractivity contribution in [3.63, 3.8) is 0 Å². The third-order valence-corrected chi connectivity index (χ3v) is 6.07. The molecule has 0 saturated heterocycles. The number of hydrogen-bond acceptors (Lipinski definition) is 11. The van der Waals surface area contributed by atoms with Crippen molar-refractivity contribution >= 4 is 34.9 Å². The van der Waals surface area contributed by atoms with Gasteiger partial charge in [0.1, 0.15) is 35.5 Å². The summed E-state index contributed by atoms with van der Waals surface area (Å²) in [6.07, 6.45) is 1.39. The smallest absolute Gasteiger partial charge is 0.316 e. The van der Waals surface area contributed by atoms with Gasteiger partial charge < -0.3 is 29.9 Å². The summed E-state index contributed by atoms with van der Waals surface area (Å²) in [5, 5.41) is 13.9. The zero-order chi connectivity index (χ0) is 40.0. The van der Waals surface area contributed by atoms with E-state index in [2.05, 4.69) is 40.8 Å². The van der Waals surface area contributed by atoms with Gasteiger partial charge in [-0.15, -0.1) is 0 Å². The van der Waals surface area contributed by atoms with Crippen LogP contribution in [-0.2, 0) is 33.4 Å². The van der Waals surface area contributed by atoms with Gasteiger partial charge in [-0.1, -0.05) is 85.9 Å². The summed E-state index contributed by atoms with van der Waals surface area (Å²) < 4.78 is 16.8. The Morgan fingerprint density at radius 2 is 1.63 bits per heavy atom. The number of carbonyl (C=O) groups excluding carboxylic acids is 3. The first-order valence-electron chi connectivity index (χ1n) is 18.1. The number of amides is 1. The molecule has 0 fully saturated rings. The molecule has 0 aliphatic rings. The van der Waals surface area contributed by atoms with Crippen LogP contribution in [-0.4, -0.2) is 83.9 Å². The fraction of sp³-hybridized carbons (Fsp3) is 0.692. The number of carbonyl (C=O) groups is 3. The summed E-state index contributed by atoms with van der Waals surface area (Å²) in [5.74, 6) is 3.87. The van der Waals surface area contributed by atoms with E-state index in [9.17, 15) is 19.5 Å². The molecule has 0 saturated carbocycles. The number of aliphatic hydroxyl groups is 1. The predicted octanol–water partition coefficient (Wildman–Crippen LogP) is 6.86. The number of anilines is 1. The largest absolute Gasteiger partial charge is 0.462 e. The molecule has 1 amide bonds. The van der Waals surface area contributed by atoms with E-state index in [-0.39, 0.29) is 62.5 Å². The van der Waals surface area contributed by atoms with Crippen LogP contribution in [0.3, 0.4) is 0 Å². The number of aliphatic imine (C=N–C) groups is 1. The van der Waals surface area contributed by atoms with Crippen molar-refractivity contribution in [1.82, 2.24) is 4.98 Å². The minimum atomic E-state index is -1.18. The molecule has 3 N–H and O–H groups in total. The molecule has 292 valence electrons. The van der Waals surface area contributed by atoms with Crippen molar-refractivity contribution in [1.29, 1.82) is 0 Å². The van der Waals surface area contributed by atoms with Crippen LogP contribution in [0.15, 0.2) is 28.3 Å². The Morgan fingerprint density at radius 3 is 2.16 bits per heavy atom. The quantitative estimate of drug-likeness (QED) is 0.0408. The Labute approximate surface area is 308 Å². The van der Waals surface area contributed by atoms with Crippen LogP contribution >= 0.6 is 0 Å². The molecular weight excluding hydrogens is 652 g/mol. The number of nitrogens with zero attached hydrogens (tertiary/aromatic N) is 3. The lowest BCUT2D eigenvalue weighted by Gasteiger charge is -2.19. The molecule has 12 nitrogen and oxygen atoms in total. The van der Waals surface area contributed by atoms with Gasteiger partial charge in [-0.05, 0) is 58.1 Å². The Balaban J connectivity index is -0.00000306. The van der Waals surface area contributed by atoms with Crippen molar-refractivity contribution < 1.29 is 38.5 Å². The Morgan fingerprint density at radius 1 is 1.02 bits per heavy atom. The van der Waals surface area contributed by atoms with Crippen LogP contribution in [0.4, 0.5) is 5.82 Å². The second-order valence-corrected chi connectivity index (χ2v) is 12.3. The summed E-state index contributed by atoms with van der Waals surface area (Å²) in [5.41, 5.74) is 6.22. The highest BCUT2D eigenvalue weighted by Gasteiger charge is 2.25. The first kappa shape index (κ1) is 51.7. The minimum absolute atomic E-state index is 0.00927. The maximum atomic E-state index is 12.5. The van der Waals surface area contributed by atoms with Gasteiger partial charge in [0.2, 0.25) is 5.91 Å².